The predicted molar refractivity (Wildman–Crippen MR) is 83.5 cm³/mol. The summed E-state index contributed by atoms with van der Waals surface area (Å²) in [5.74, 6) is 2.14. The molecule has 21 heavy (non-hydrogen) atoms. The molecule has 2 rings (SSSR count). The number of hydrogen-bond acceptors (Lipinski definition) is 5. The first kappa shape index (κ1) is 15.9. The van der Waals surface area contributed by atoms with Crippen LogP contribution in [0, 0.1) is 0 Å². The molecule has 0 unspecified atom stereocenters. The summed E-state index contributed by atoms with van der Waals surface area (Å²) in [5, 5.41) is 3.36. The Morgan fingerprint density at radius 1 is 1.05 bits per heavy atom. The Kier molecular flexibility index (Phi) is 5.70. The van der Waals surface area contributed by atoms with Gasteiger partial charge in [0.25, 0.3) is 0 Å². The molecule has 0 atom stereocenters. The molecule has 1 N–H and O–H groups in total. The average Bonchev–Trinajstić information content (AvgIpc) is 2.54. The van der Waals surface area contributed by atoms with E-state index in [1.54, 1.807) is 21.3 Å². The van der Waals surface area contributed by atoms with E-state index in [1.807, 2.05) is 13.1 Å². The lowest BCUT2D eigenvalue weighted by Gasteiger charge is -2.32. The van der Waals surface area contributed by atoms with Gasteiger partial charge in [-0.25, -0.2) is 0 Å². The molecule has 1 aromatic rings. The molecule has 0 aromatic heterocycles. The van der Waals surface area contributed by atoms with Gasteiger partial charge in [0.15, 0.2) is 11.5 Å². The summed E-state index contributed by atoms with van der Waals surface area (Å²) in [6.07, 6.45) is 2.37. The van der Waals surface area contributed by atoms with Crippen molar-refractivity contribution in [2.75, 3.05) is 41.5 Å². The van der Waals surface area contributed by atoms with Crippen LogP contribution in [0.4, 0.5) is 0 Å². The van der Waals surface area contributed by atoms with Crippen LogP contribution in [0.5, 0.6) is 17.2 Å². The second-order valence-electron chi connectivity index (χ2n) is 5.33. The third-order valence-electron chi connectivity index (χ3n) is 4.18. The minimum atomic E-state index is 0.647. The zero-order valence-electron chi connectivity index (χ0n) is 13.4. The molecule has 1 fully saturated rings. The lowest BCUT2D eigenvalue weighted by molar-refractivity contribution is 0.192. The quantitative estimate of drug-likeness (QED) is 0.868. The van der Waals surface area contributed by atoms with Crippen molar-refractivity contribution in [3.8, 4) is 17.2 Å². The maximum atomic E-state index is 5.55. The molecule has 0 bridgehead atoms. The molecular formula is C16H26N2O3. The van der Waals surface area contributed by atoms with Crippen LogP contribution in [0.25, 0.3) is 0 Å². The van der Waals surface area contributed by atoms with Crippen molar-refractivity contribution >= 4 is 0 Å². The Morgan fingerprint density at radius 3 is 2.24 bits per heavy atom. The van der Waals surface area contributed by atoms with Gasteiger partial charge < -0.3 is 19.5 Å². The highest BCUT2D eigenvalue weighted by Crippen LogP contribution is 2.40. The standard InChI is InChI=1S/C16H26N2O3/c1-17-13-7-9-18(10-8-13)11-12-5-6-14(19-2)16(21-4)15(12)20-3/h5-6,13,17H,7-11H2,1-4H3. The second kappa shape index (κ2) is 7.52. The van der Waals surface area contributed by atoms with Crippen molar-refractivity contribution in [3.63, 3.8) is 0 Å². The summed E-state index contributed by atoms with van der Waals surface area (Å²) in [6, 6.07) is 4.65. The molecule has 0 spiro atoms. The van der Waals surface area contributed by atoms with Gasteiger partial charge in [0.05, 0.1) is 21.3 Å². The highest BCUT2D eigenvalue weighted by Gasteiger charge is 2.21. The van der Waals surface area contributed by atoms with Gasteiger partial charge in [-0.2, -0.15) is 0 Å². The second-order valence-corrected chi connectivity index (χ2v) is 5.33. The van der Waals surface area contributed by atoms with Crippen LogP contribution in [0.1, 0.15) is 18.4 Å². The minimum absolute atomic E-state index is 0.647. The fourth-order valence-corrected chi connectivity index (χ4v) is 2.91. The fourth-order valence-electron chi connectivity index (χ4n) is 2.91. The van der Waals surface area contributed by atoms with Crippen molar-refractivity contribution < 1.29 is 14.2 Å². The topological polar surface area (TPSA) is 43.0 Å². The molecule has 1 aliphatic rings. The number of nitrogens with one attached hydrogen (secondary N) is 1. The van der Waals surface area contributed by atoms with Crippen LogP contribution in [0.2, 0.25) is 0 Å². The summed E-state index contributed by atoms with van der Waals surface area (Å²) < 4.78 is 16.3. The van der Waals surface area contributed by atoms with Gasteiger partial charge in [-0.3, -0.25) is 4.90 Å². The van der Waals surface area contributed by atoms with Crippen LogP contribution >= 0.6 is 0 Å². The minimum Gasteiger partial charge on any atom is -0.493 e. The number of methoxy groups -OCH3 is 3. The first-order valence-corrected chi connectivity index (χ1v) is 7.41. The predicted octanol–water partition coefficient (Wildman–Crippen LogP) is 1.90. The van der Waals surface area contributed by atoms with E-state index in [2.05, 4.69) is 16.3 Å². The van der Waals surface area contributed by atoms with Crippen LogP contribution < -0.4 is 19.5 Å². The van der Waals surface area contributed by atoms with Gasteiger partial charge in [0, 0.05) is 18.2 Å². The first-order valence-electron chi connectivity index (χ1n) is 7.41. The molecule has 0 saturated carbocycles. The summed E-state index contributed by atoms with van der Waals surface area (Å²) in [5.41, 5.74) is 1.14. The highest BCUT2D eigenvalue weighted by molar-refractivity contribution is 5.55. The molecule has 0 amide bonds. The zero-order valence-corrected chi connectivity index (χ0v) is 13.4. The SMILES string of the molecule is CNC1CCN(Cc2ccc(OC)c(OC)c2OC)CC1. The Morgan fingerprint density at radius 2 is 1.71 bits per heavy atom. The van der Waals surface area contributed by atoms with E-state index < -0.39 is 0 Å². The van der Waals surface area contributed by atoms with E-state index in [0.29, 0.717) is 17.5 Å². The van der Waals surface area contributed by atoms with Crippen LogP contribution in [-0.4, -0.2) is 52.4 Å². The molecule has 1 aliphatic heterocycles. The number of hydrogen-bond donors (Lipinski definition) is 1. The fraction of sp³-hybridized carbons (Fsp3) is 0.625. The van der Waals surface area contributed by atoms with Gasteiger partial charge in [-0.1, -0.05) is 6.07 Å². The van der Waals surface area contributed by atoms with Crippen LogP contribution in [0.15, 0.2) is 12.1 Å². The summed E-state index contributed by atoms with van der Waals surface area (Å²) in [7, 11) is 6.99. The van der Waals surface area contributed by atoms with E-state index in [-0.39, 0.29) is 0 Å². The van der Waals surface area contributed by atoms with Crippen LogP contribution in [-0.2, 0) is 6.54 Å². The molecule has 5 heteroatoms. The third-order valence-corrected chi connectivity index (χ3v) is 4.18. The molecule has 0 aliphatic carbocycles. The van der Waals surface area contributed by atoms with Gasteiger partial charge in [-0.15, -0.1) is 0 Å². The van der Waals surface area contributed by atoms with Gasteiger partial charge in [-0.05, 0) is 39.0 Å². The van der Waals surface area contributed by atoms with E-state index in [4.69, 9.17) is 14.2 Å². The zero-order chi connectivity index (χ0) is 15.2. The van der Waals surface area contributed by atoms with E-state index in [1.165, 1.54) is 12.8 Å². The molecule has 0 radical (unpaired) electrons. The lowest BCUT2D eigenvalue weighted by atomic mass is 10.0. The number of nitrogens with zero attached hydrogens (tertiary/aromatic N) is 1. The molecule has 1 aromatic carbocycles. The summed E-state index contributed by atoms with van der Waals surface area (Å²) in [4.78, 5) is 2.46. The number of rotatable bonds is 6. The molecule has 1 saturated heterocycles. The Hall–Kier alpha value is -1.46. The van der Waals surface area contributed by atoms with Crippen molar-refractivity contribution in [3.05, 3.63) is 17.7 Å². The van der Waals surface area contributed by atoms with Crippen molar-refractivity contribution in [1.29, 1.82) is 0 Å². The van der Waals surface area contributed by atoms with Crippen molar-refractivity contribution in [2.45, 2.75) is 25.4 Å². The average molecular weight is 294 g/mol. The monoisotopic (exact) mass is 294 g/mol. The lowest BCUT2D eigenvalue weighted by Crippen LogP contribution is -2.40. The van der Waals surface area contributed by atoms with E-state index in [0.717, 1.165) is 30.9 Å². The van der Waals surface area contributed by atoms with Crippen molar-refractivity contribution in [2.24, 2.45) is 0 Å². The maximum absolute atomic E-state index is 5.55. The van der Waals surface area contributed by atoms with Gasteiger partial charge >= 0.3 is 0 Å². The molecule has 118 valence electrons. The maximum Gasteiger partial charge on any atom is 0.203 e. The Labute approximate surface area is 127 Å². The first-order chi connectivity index (χ1) is 10.2. The Balaban J connectivity index is 2.13. The third kappa shape index (κ3) is 3.60. The number of benzene rings is 1. The Bertz CT molecular complexity index is 457. The normalized spacial score (nSPS) is 16.8. The van der Waals surface area contributed by atoms with Gasteiger partial charge in [0.2, 0.25) is 5.75 Å². The number of ether oxygens (including phenoxy) is 3. The summed E-state index contributed by atoms with van der Waals surface area (Å²) >= 11 is 0. The van der Waals surface area contributed by atoms with E-state index >= 15 is 0 Å². The smallest absolute Gasteiger partial charge is 0.203 e. The molecular weight excluding hydrogens is 268 g/mol. The summed E-state index contributed by atoms with van der Waals surface area (Å²) in [6.45, 7) is 3.08. The van der Waals surface area contributed by atoms with E-state index in [9.17, 15) is 0 Å². The number of piperidine rings is 1. The largest absolute Gasteiger partial charge is 0.493 e. The van der Waals surface area contributed by atoms with Gasteiger partial charge in [0.1, 0.15) is 0 Å². The highest BCUT2D eigenvalue weighted by atomic mass is 16.5. The van der Waals surface area contributed by atoms with Crippen molar-refractivity contribution in [1.82, 2.24) is 10.2 Å². The molecule has 1 heterocycles. The number of likely N-dealkylation sites (tertiary alicyclic amines) is 1. The molecule has 5 nitrogen and oxygen atoms in total. The van der Waals surface area contributed by atoms with Crippen LogP contribution in [0.3, 0.4) is 0 Å².